The number of aromatic nitrogens is 3. The first-order chi connectivity index (χ1) is 13.5. The molecule has 9 heteroatoms. The lowest BCUT2D eigenvalue weighted by Crippen LogP contribution is -2.25. The maximum atomic E-state index is 12.3. The van der Waals surface area contributed by atoms with Crippen molar-refractivity contribution in [2.45, 2.75) is 56.8 Å². The second kappa shape index (κ2) is 7.90. The lowest BCUT2D eigenvalue weighted by molar-refractivity contribution is -0.118. The number of nitrogen functional groups attached to an aromatic ring is 1. The van der Waals surface area contributed by atoms with Crippen LogP contribution < -0.4 is 20.6 Å². The topological polar surface area (TPSA) is 104 Å². The predicted octanol–water partition coefficient (Wildman–Crippen LogP) is 2.00. The van der Waals surface area contributed by atoms with Crippen molar-refractivity contribution in [3.05, 3.63) is 29.1 Å². The number of carbonyl (C=O) groups excluding carboxylic acids is 1. The first kappa shape index (κ1) is 18.9. The lowest BCUT2D eigenvalue weighted by Gasteiger charge is -2.13. The van der Waals surface area contributed by atoms with Crippen LogP contribution in [0.15, 0.2) is 17.3 Å². The molecule has 2 aromatic rings. The third kappa shape index (κ3) is 4.04. The Bertz CT molecular complexity index is 881. The molecule has 0 radical (unpaired) electrons. The quantitative estimate of drug-likeness (QED) is 0.513. The molecule has 1 aliphatic carbocycles. The highest BCUT2D eigenvalue weighted by atomic mass is 32.2. The van der Waals surface area contributed by atoms with Crippen LogP contribution in [0.5, 0.6) is 11.5 Å². The lowest BCUT2D eigenvalue weighted by atomic mass is 10.1. The molecule has 1 saturated carbocycles. The van der Waals surface area contributed by atoms with E-state index >= 15 is 0 Å². The summed E-state index contributed by atoms with van der Waals surface area (Å²) in [5.74, 6) is 9.04. The van der Waals surface area contributed by atoms with E-state index in [-0.39, 0.29) is 17.8 Å². The van der Waals surface area contributed by atoms with Crippen LogP contribution in [0.1, 0.15) is 49.6 Å². The van der Waals surface area contributed by atoms with E-state index in [2.05, 4.69) is 15.5 Å². The Labute approximate surface area is 168 Å². The van der Waals surface area contributed by atoms with Gasteiger partial charge in [-0.05, 0) is 38.8 Å². The number of nitrogens with zero attached hydrogens (tertiary/aromatic N) is 3. The number of ether oxygens (including phenoxy) is 2. The molecule has 3 N–H and O–H groups in total. The van der Waals surface area contributed by atoms with Crippen LogP contribution in [0.3, 0.4) is 0 Å². The van der Waals surface area contributed by atoms with E-state index in [4.69, 9.17) is 15.3 Å². The van der Waals surface area contributed by atoms with Crippen molar-refractivity contribution in [1.82, 2.24) is 20.2 Å². The van der Waals surface area contributed by atoms with Crippen molar-refractivity contribution in [2.24, 2.45) is 0 Å². The summed E-state index contributed by atoms with van der Waals surface area (Å²) in [5, 5.41) is 11.7. The molecule has 0 unspecified atom stereocenters. The van der Waals surface area contributed by atoms with E-state index < -0.39 is 0 Å². The summed E-state index contributed by atoms with van der Waals surface area (Å²) in [5.41, 5.74) is 2.06. The number of benzene rings is 1. The van der Waals surface area contributed by atoms with Crippen molar-refractivity contribution in [2.75, 3.05) is 18.2 Å². The fraction of sp³-hybridized carbons (Fsp3) is 0.526. The van der Waals surface area contributed by atoms with Gasteiger partial charge in [-0.15, -0.1) is 10.2 Å². The van der Waals surface area contributed by atoms with Crippen LogP contribution in [0, 0.1) is 0 Å². The minimum atomic E-state index is -0.0989. The zero-order chi connectivity index (χ0) is 19.7. The standard InChI is InChI=1S/C19H25N5O3S/c1-3-26-15-7-13-6-11(2)27-16(13)8-14(15)9-21-17(25)10-28-19-23-22-18(24(19)20)12-4-5-12/h7-8,11-12H,3-6,9-10,20H2,1-2H3,(H,21,25)/t11-/m0/s1. The molecule has 0 spiro atoms. The van der Waals surface area contributed by atoms with Gasteiger partial charge in [-0.2, -0.15) is 0 Å². The zero-order valence-electron chi connectivity index (χ0n) is 16.1. The largest absolute Gasteiger partial charge is 0.494 e. The number of nitrogens with one attached hydrogen (secondary N) is 1. The Hall–Kier alpha value is -2.42. The Kier molecular flexibility index (Phi) is 5.34. The molecule has 28 heavy (non-hydrogen) atoms. The van der Waals surface area contributed by atoms with Gasteiger partial charge in [0.25, 0.3) is 0 Å². The minimum Gasteiger partial charge on any atom is -0.494 e. The van der Waals surface area contributed by atoms with Gasteiger partial charge >= 0.3 is 0 Å². The van der Waals surface area contributed by atoms with E-state index in [1.807, 2.05) is 26.0 Å². The van der Waals surface area contributed by atoms with E-state index in [0.717, 1.165) is 47.7 Å². The molecule has 2 aliphatic rings. The Morgan fingerprint density at radius 3 is 3.00 bits per heavy atom. The van der Waals surface area contributed by atoms with Crippen molar-refractivity contribution >= 4 is 17.7 Å². The SMILES string of the molecule is CCOc1cc2c(cc1CNC(=O)CSc1nnc(C3CC3)n1N)O[C@@H](C)C2. The summed E-state index contributed by atoms with van der Waals surface area (Å²) < 4.78 is 13.1. The molecule has 2 heterocycles. The van der Waals surface area contributed by atoms with Gasteiger partial charge in [0.05, 0.1) is 12.4 Å². The molecule has 1 aliphatic heterocycles. The summed E-state index contributed by atoms with van der Waals surface area (Å²) in [6.45, 7) is 4.94. The molecule has 150 valence electrons. The first-order valence-corrected chi connectivity index (χ1v) is 10.6. The second-order valence-electron chi connectivity index (χ2n) is 7.18. The normalized spacial score (nSPS) is 17.9. The number of hydrogen-bond acceptors (Lipinski definition) is 7. The van der Waals surface area contributed by atoms with E-state index in [1.165, 1.54) is 16.4 Å². The molecular formula is C19H25N5O3S. The first-order valence-electron chi connectivity index (χ1n) is 9.60. The molecule has 0 bridgehead atoms. The Morgan fingerprint density at radius 1 is 1.43 bits per heavy atom. The maximum Gasteiger partial charge on any atom is 0.230 e. The van der Waals surface area contributed by atoms with Gasteiger partial charge in [-0.3, -0.25) is 4.79 Å². The van der Waals surface area contributed by atoms with Gasteiger partial charge in [0, 0.05) is 30.0 Å². The van der Waals surface area contributed by atoms with Gasteiger partial charge in [0.1, 0.15) is 17.6 Å². The van der Waals surface area contributed by atoms with Crippen LogP contribution in [-0.4, -0.2) is 39.2 Å². The number of rotatable bonds is 8. The van der Waals surface area contributed by atoms with Gasteiger partial charge in [0.2, 0.25) is 11.1 Å². The van der Waals surface area contributed by atoms with Crippen molar-refractivity contribution in [3.8, 4) is 11.5 Å². The van der Waals surface area contributed by atoms with Gasteiger partial charge in [0.15, 0.2) is 5.82 Å². The highest BCUT2D eigenvalue weighted by Crippen LogP contribution is 2.39. The average molecular weight is 404 g/mol. The number of fused-ring (bicyclic) bond motifs is 1. The smallest absolute Gasteiger partial charge is 0.230 e. The van der Waals surface area contributed by atoms with Crippen molar-refractivity contribution in [1.29, 1.82) is 0 Å². The molecule has 1 aromatic carbocycles. The predicted molar refractivity (Wildman–Crippen MR) is 106 cm³/mol. The van der Waals surface area contributed by atoms with E-state index in [1.54, 1.807) is 0 Å². The van der Waals surface area contributed by atoms with Gasteiger partial charge < -0.3 is 20.6 Å². The molecule has 1 fully saturated rings. The number of nitrogens with two attached hydrogens (primary N) is 1. The van der Waals surface area contributed by atoms with Crippen LogP contribution >= 0.6 is 11.8 Å². The van der Waals surface area contributed by atoms with E-state index in [0.29, 0.717) is 24.2 Å². The van der Waals surface area contributed by atoms with Crippen LogP contribution in [-0.2, 0) is 17.8 Å². The molecule has 1 aromatic heterocycles. The van der Waals surface area contributed by atoms with E-state index in [9.17, 15) is 4.79 Å². The average Bonchev–Trinajstić information content (AvgIpc) is 3.34. The van der Waals surface area contributed by atoms with Crippen molar-refractivity contribution < 1.29 is 14.3 Å². The molecule has 0 saturated heterocycles. The third-order valence-corrected chi connectivity index (χ3v) is 5.76. The molecule has 1 atom stereocenters. The van der Waals surface area contributed by atoms with Gasteiger partial charge in [-0.1, -0.05) is 11.8 Å². The molecular weight excluding hydrogens is 378 g/mol. The monoisotopic (exact) mass is 403 g/mol. The van der Waals surface area contributed by atoms with Crippen LogP contribution in [0.4, 0.5) is 0 Å². The number of amides is 1. The third-order valence-electron chi connectivity index (χ3n) is 4.82. The van der Waals surface area contributed by atoms with Crippen molar-refractivity contribution in [3.63, 3.8) is 0 Å². The molecule has 4 rings (SSSR count). The second-order valence-corrected chi connectivity index (χ2v) is 8.13. The zero-order valence-corrected chi connectivity index (χ0v) is 16.9. The summed E-state index contributed by atoms with van der Waals surface area (Å²) in [4.78, 5) is 12.3. The number of carbonyl (C=O) groups is 1. The van der Waals surface area contributed by atoms with Crippen LogP contribution in [0.25, 0.3) is 0 Å². The maximum absolute atomic E-state index is 12.3. The molecule has 8 nitrogen and oxygen atoms in total. The number of thioether (sulfide) groups is 1. The number of hydrogen-bond donors (Lipinski definition) is 2. The van der Waals surface area contributed by atoms with Gasteiger partial charge in [-0.25, -0.2) is 4.68 Å². The summed E-state index contributed by atoms with van der Waals surface area (Å²) >= 11 is 1.29. The summed E-state index contributed by atoms with van der Waals surface area (Å²) in [6.07, 6.45) is 3.25. The highest BCUT2D eigenvalue weighted by Gasteiger charge is 2.30. The molecule has 1 amide bonds. The fourth-order valence-electron chi connectivity index (χ4n) is 3.29. The highest BCUT2D eigenvalue weighted by molar-refractivity contribution is 7.99. The summed E-state index contributed by atoms with van der Waals surface area (Å²) in [7, 11) is 0. The Balaban J connectivity index is 1.35. The van der Waals surface area contributed by atoms with Crippen LogP contribution in [0.2, 0.25) is 0 Å². The summed E-state index contributed by atoms with van der Waals surface area (Å²) in [6, 6.07) is 3.99. The Morgan fingerprint density at radius 2 is 2.25 bits per heavy atom. The minimum absolute atomic E-state index is 0.0989. The fourth-order valence-corrected chi connectivity index (χ4v) is 3.98.